The Labute approximate surface area is 227 Å². The Bertz CT molecular complexity index is 1480. The third-order valence-electron chi connectivity index (χ3n) is 5.94. The van der Waals surface area contributed by atoms with E-state index < -0.39 is 17.8 Å². The Hall–Kier alpha value is -2.98. The number of halogens is 2. The fraction of sp³-hybridized carbons (Fsp3) is 0.200. The highest BCUT2D eigenvalue weighted by Crippen LogP contribution is 2.35. The number of amides is 2. The van der Waals surface area contributed by atoms with E-state index in [1.807, 2.05) is 38.3 Å². The van der Waals surface area contributed by atoms with Crippen molar-refractivity contribution in [2.45, 2.75) is 27.7 Å². The van der Waals surface area contributed by atoms with E-state index in [0.717, 1.165) is 21.8 Å². The number of rotatable bonds is 4. The lowest BCUT2D eigenvalue weighted by Crippen LogP contribution is -2.54. The maximum Gasteiger partial charge on any atom is 0.341 e. The van der Waals surface area contributed by atoms with Gasteiger partial charge < -0.3 is 9.30 Å². The molecule has 1 N–H and O–H groups in total. The molecule has 0 radical (unpaired) electrons. The Morgan fingerprint density at radius 2 is 1.72 bits per heavy atom. The third-order valence-corrected chi connectivity index (χ3v) is 7.85. The highest BCUT2D eigenvalue weighted by molar-refractivity contribution is 7.80. The van der Waals surface area contributed by atoms with Gasteiger partial charge in [-0.05, 0) is 81.4 Å². The van der Waals surface area contributed by atoms with Crippen LogP contribution in [0.2, 0.25) is 10.0 Å². The fourth-order valence-corrected chi connectivity index (χ4v) is 6.12. The van der Waals surface area contributed by atoms with Gasteiger partial charge in [0.15, 0.2) is 5.11 Å². The molecule has 11 heteroatoms. The molecule has 0 spiro atoms. The molecule has 3 heterocycles. The van der Waals surface area contributed by atoms with Gasteiger partial charge in [0.05, 0.1) is 18.4 Å². The molecule has 4 rings (SSSR count). The van der Waals surface area contributed by atoms with Gasteiger partial charge >= 0.3 is 5.97 Å². The first-order valence-corrected chi connectivity index (χ1v) is 12.7. The van der Waals surface area contributed by atoms with E-state index in [2.05, 4.69) is 5.32 Å². The smallest absolute Gasteiger partial charge is 0.341 e. The number of benzene rings is 1. The van der Waals surface area contributed by atoms with Gasteiger partial charge in [0, 0.05) is 26.3 Å². The van der Waals surface area contributed by atoms with Crippen molar-refractivity contribution in [1.29, 1.82) is 0 Å². The van der Waals surface area contributed by atoms with Gasteiger partial charge in [-0.1, -0.05) is 23.2 Å². The van der Waals surface area contributed by atoms with Gasteiger partial charge in [0.2, 0.25) is 0 Å². The quantitative estimate of drug-likeness (QED) is 0.191. The second kappa shape index (κ2) is 9.82. The minimum Gasteiger partial charge on any atom is -0.465 e. The maximum atomic E-state index is 13.4. The Kier molecular flexibility index (Phi) is 7.12. The molecule has 0 atom stereocenters. The summed E-state index contributed by atoms with van der Waals surface area (Å²) in [6, 6.07) is 6.45. The zero-order chi connectivity index (χ0) is 26.5. The number of nitrogens with zero attached hydrogens (tertiary/aromatic N) is 2. The molecule has 36 heavy (non-hydrogen) atoms. The summed E-state index contributed by atoms with van der Waals surface area (Å²) in [5, 5.41) is 3.85. The molecule has 0 aliphatic carbocycles. The number of anilines is 1. The first-order valence-electron chi connectivity index (χ1n) is 10.7. The van der Waals surface area contributed by atoms with Crippen molar-refractivity contribution in [3.8, 4) is 5.00 Å². The molecule has 2 aromatic heterocycles. The normalized spacial score (nSPS) is 15.0. The van der Waals surface area contributed by atoms with Gasteiger partial charge in [-0.2, -0.15) is 0 Å². The van der Waals surface area contributed by atoms with Gasteiger partial charge in [0.1, 0.15) is 10.6 Å². The van der Waals surface area contributed by atoms with Gasteiger partial charge in [-0.3, -0.25) is 19.8 Å². The monoisotopic (exact) mass is 561 g/mol. The molecule has 2 amide bonds. The number of nitrogens with one attached hydrogen (secondary N) is 1. The topological polar surface area (TPSA) is 80.6 Å². The summed E-state index contributed by atoms with van der Waals surface area (Å²) in [7, 11) is 1.35. The Morgan fingerprint density at radius 1 is 1.08 bits per heavy atom. The molecule has 1 aliphatic heterocycles. The van der Waals surface area contributed by atoms with Crippen LogP contribution >= 0.6 is 46.8 Å². The molecule has 1 fully saturated rings. The molecule has 0 bridgehead atoms. The number of aryl methyl sites for hydroxylation is 2. The number of thiocarbonyl (C=S) groups is 1. The summed E-state index contributed by atoms with van der Waals surface area (Å²) in [5.74, 6) is -1.65. The molecule has 186 valence electrons. The third kappa shape index (κ3) is 4.48. The number of methoxy groups -OCH3 is 1. The standard InChI is InChI=1S/C25H21Cl2N3O4S2/c1-11-6-15(13(3)29(11)23-20(24(33)34-5)12(2)14(4)36-23)7-19-21(31)28-25(35)30(22(19)32)18-9-16(26)8-17(27)10-18/h6-10H,1-5H3,(H,28,31,35)/b19-7-. The molecule has 0 unspecified atom stereocenters. The molecule has 1 saturated heterocycles. The van der Waals surface area contributed by atoms with Crippen LogP contribution in [0.4, 0.5) is 5.69 Å². The minimum absolute atomic E-state index is 0.0711. The van der Waals surface area contributed by atoms with E-state index >= 15 is 0 Å². The molecule has 3 aromatic rings. The lowest BCUT2D eigenvalue weighted by Gasteiger charge is -2.29. The first-order chi connectivity index (χ1) is 16.9. The largest absolute Gasteiger partial charge is 0.465 e. The summed E-state index contributed by atoms with van der Waals surface area (Å²) in [5.41, 5.74) is 3.78. The van der Waals surface area contributed by atoms with Crippen molar-refractivity contribution in [2.24, 2.45) is 0 Å². The van der Waals surface area contributed by atoms with Crippen molar-refractivity contribution >= 4 is 81.4 Å². The predicted octanol–water partition coefficient (Wildman–Crippen LogP) is 5.70. The maximum absolute atomic E-state index is 13.4. The van der Waals surface area contributed by atoms with Crippen LogP contribution in [0.5, 0.6) is 0 Å². The number of carbonyl (C=O) groups is 3. The number of carbonyl (C=O) groups excluding carboxylic acids is 3. The summed E-state index contributed by atoms with van der Waals surface area (Å²) >= 11 is 19.0. The number of aromatic nitrogens is 1. The second-order valence-electron chi connectivity index (χ2n) is 8.20. The van der Waals surface area contributed by atoms with E-state index in [1.54, 1.807) is 0 Å². The zero-order valence-electron chi connectivity index (χ0n) is 20.0. The summed E-state index contributed by atoms with van der Waals surface area (Å²) in [4.78, 5) is 41.0. The van der Waals surface area contributed by atoms with Crippen LogP contribution in [0, 0.1) is 27.7 Å². The van der Waals surface area contributed by atoms with E-state index in [4.69, 9.17) is 40.2 Å². The van der Waals surface area contributed by atoms with Crippen LogP contribution in [0.1, 0.15) is 37.7 Å². The van der Waals surface area contributed by atoms with Crippen molar-refractivity contribution < 1.29 is 19.1 Å². The second-order valence-corrected chi connectivity index (χ2v) is 10.7. The number of hydrogen-bond donors (Lipinski definition) is 1. The molecule has 1 aliphatic rings. The SMILES string of the molecule is COC(=O)c1c(-n2c(C)cc(/C=C3/C(=O)NC(=S)N(c4cc(Cl)cc(Cl)c4)C3=O)c2C)sc(C)c1C. The molecule has 1 aromatic carbocycles. The van der Waals surface area contributed by atoms with E-state index in [1.165, 1.54) is 47.6 Å². The molecule has 7 nitrogen and oxygen atoms in total. The van der Waals surface area contributed by atoms with Crippen LogP contribution in [-0.4, -0.2) is 34.6 Å². The molecular weight excluding hydrogens is 541 g/mol. The van der Waals surface area contributed by atoms with Crippen LogP contribution in [0.25, 0.3) is 11.1 Å². The van der Waals surface area contributed by atoms with Gasteiger partial charge in [0.25, 0.3) is 11.8 Å². The molecule has 0 saturated carbocycles. The van der Waals surface area contributed by atoms with Crippen LogP contribution in [-0.2, 0) is 14.3 Å². The van der Waals surface area contributed by atoms with E-state index in [-0.39, 0.29) is 10.7 Å². The zero-order valence-corrected chi connectivity index (χ0v) is 23.1. The molecular formula is C25H21Cl2N3O4S2. The number of esters is 1. The summed E-state index contributed by atoms with van der Waals surface area (Å²) in [6.07, 6.45) is 1.52. The lowest BCUT2D eigenvalue weighted by atomic mass is 10.1. The highest BCUT2D eigenvalue weighted by Gasteiger charge is 2.35. The van der Waals surface area contributed by atoms with Crippen LogP contribution in [0.3, 0.4) is 0 Å². The Balaban J connectivity index is 1.82. The predicted molar refractivity (Wildman–Crippen MR) is 147 cm³/mol. The van der Waals surface area contributed by atoms with Crippen molar-refractivity contribution in [3.05, 3.63) is 72.8 Å². The highest BCUT2D eigenvalue weighted by atomic mass is 35.5. The van der Waals surface area contributed by atoms with E-state index in [9.17, 15) is 14.4 Å². The van der Waals surface area contributed by atoms with Crippen LogP contribution in [0.15, 0.2) is 29.8 Å². The van der Waals surface area contributed by atoms with Crippen LogP contribution < -0.4 is 10.2 Å². The minimum atomic E-state index is -0.614. The van der Waals surface area contributed by atoms with Crippen molar-refractivity contribution in [1.82, 2.24) is 9.88 Å². The fourth-order valence-electron chi connectivity index (χ4n) is 4.07. The number of ether oxygens (including phenoxy) is 1. The number of hydrogen-bond acceptors (Lipinski definition) is 6. The average Bonchev–Trinajstić information content (AvgIpc) is 3.23. The average molecular weight is 563 g/mol. The van der Waals surface area contributed by atoms with Crippen molar-refractivity contribution in [3.63, 3.8) is 0 Å². The number of thiophene rings is 1. The summed E-state index contributed by atoms with van der Waals surface area (Å²) < 4.78 is 6.94. The van der Waals surface area contributed by atoms with Crippen molar-refractivity contribution in [2.75, 3.05) is 12.0 Å². The van der Waals surface area contributed by atoms with Gasteiger partial charge in [-0.15, -0.1) is 11.3 Å². The van der Waals surface area contributed by atoms with E-state index in [0.29, 0.717) is 31.9 Å². The van der Waals surface area contributed by atoms with Gasteiger partial charge in [-0.25, -0.2) is 4.79 Å². The Morgan fingerprint density at radius 3 is 2.33 bits per heavy atom. The lowest BCUT2D eigenvalue weighted by molar-refractivity contribution is -0.122. The first kappa shape index (κ1) is 26.1. The summed E-state index contributed by atoms with van der Waals surface area (Å²) in [6.45, 7) is 7.56.